The summed E-state index contributed by atoms with van der Waals surface area (Å²) in [5, 5.41) is 3.64. The fourth-order valence-corrected chi connectivity index (χ4v) is 5.63. The summed E-state index contributed by atoms with van der Waals surface area (Å²) in [4.78, 5) is 0. The normalized spacial score (nSPS) is 44.8. The van der Waals surface area contributed by atoms with Gasteiger partial charge in [0, 0.05) is 18.4 Å². The van der Waals surface area contributed by atoms with Gasteiger partial charge in [-0.25, -0.2) is 0 Å². The average Bonchev–Trinajstić information content (AvgIpc) is 3.00. The Labute approximate surface area is 116 Å². The number of ether oxygens (including phenoxy) is 1. The molecular weight excluding hydrogens is 242 g/mol. The van der Waals surface area contributed by atoms with Crippen molar-refractivity contribution in [1.82, 2.24) is 5.32 Å². The zero-order valence-corrected chi connectivity index (χ0v) is 12.4. The fourth-order valence-electron chi connectivity index (χ4n) is 4.25. The van der Waals surface area contributed by atoms with Crippen molar-refractivity contribution in [2.45, 2.75) is 57.1 Å². The highest BCUT2D eigenvalue weighted by Crippen LogP contribution is 2.45. The van der Waals surface area contributed by atoms with Crippen molar-refractivity contribution in [3.8, 4) is 0 Å². The first kappa shape index (κ1) is 13.3. The van der Waals surface area contributed by atoms with Gasteiger partial charge in [-0.3, -0.25) is 0 Å². The first-order valence-electron chi connectivity index (χ1n) is 7.76. The Morgan fingerprint density at radius 2 is 2.22 bits per heavy atom. The van der Waals surface area contributed by atoms with Gasteiger partial charge in [-0.1, -0.05) is 6.92 Å². The maximum absolute atomic E-state index is 6.15. The second kappa shape index (κ2) is 5.72. The maximum atomic E-state index is 6.15. The molecule has 2 nitrogen and oxygen atoms in total. The van der Waals surface area contributed by atoms with Crippen molar-refractivity contribution in [3.05, 3.63) is 0 Å². The van der Waals surface area contributed by atoms with E-state index in [1.165, 1.54) is 50.0 Å². The van der Waals surface area contributed by atoms with Gasteiger partial charge in [0.1, 0.15) is 0 Å². The molecule has 0 aromatic heterocycles. The summed E-state index contributed by atoms with van der Waals surface area (Å²) < 4.78 is 6.15. The summed E-state index contributed by atoms with van der Waals surface area (Å²) in [6.45, 7) is 4.38. The predicted octanol–water partition coefficient (Wildman–Crippen LogP) is 3.07. The summed E-state index contributed by atoms with van der Waals surface area (Å²) in [5.41, 5.74) is 0.282. The van der Waals surface area contributed by atoms with Crippen molar-refractivity contribution in [1.29, 1.82) is 0 Å². The Balaban J connectivity index is 1.56. The number of rotatable bonds is 3. The van der Waals surface area contributed by atoms with Crippen LogP contribution in [0.15, 0.2) is 0 Å². The molecular formula is C15H27NOS. The Kier molecular flexibility index (Phi) is 4.21. The van der Waals surface area contributed by atoms with Crippen LogP contribution < -0.4 is 5.32 Å². The summed E-state index contributed by atoms with van der Waals surface area (Å²) in [6, 6.07) is 0.803. The minimum Gasteiger partial charge on any atom is -0.374 e. The third-order valence-electron chi connectivity index (χ3n) is 5.23. The molecule has 0 aromatic carbocycles. The van der Waals surface area contributed by atoms with Gasteiger partial charge in [0.15, 0.2) is 0 Å². The van der Waals surface area contributed by atoms with Gasteiger partial charge in [0.25, 0.3) is 0 Å². The average molecular weight is 269 g/mol. The molecule has 0 bridgehead atoms. The fraction of sp³-hybridized carbons (Fsp3) is 1.00. The molecule has 3 fully saturated rings. The molecule has 1 N–H and O–H groups in total. The van der Waals surface area contributed by atoms with Crippen LogP contribution in [-0.4, -0.2) is 36.3 Å². The first-order chi connectivity index (χ1) is 8.81. The third kappa shape index (κ3) is 2.73. The standard InChI is InChI=1S/C15H27NOS/c1-2-16-14-4-3-12(9-14)13-5-7-17-15(10-13)6-8-18-11-15/h12-14,16H,2-11H2,1H3. The van der Waals surface area contributed by atoms with Crippen LogP contribution >= 0.6 is 11.8 Å². The molecule has 2 saturated heterocycles. The van der Waals surface area contributed by atoms with Gasteiger partial charge in [-0.05, 0) is 62.7 Å². The molecule has 2 heterocycles. The highest BCUT2D eigenvalue weighted by molar-refractivity contribution is 7.99. The number of nitrogens with one attached hydrogen (secondary N) is 1. The summed E-state index contributed by atoms with van der Waals surface area (Å²) in [7, 11) is 0. The molecule has 0 aromatic rings. The quantitative estimate of drug-likeness (QED) is 0.851. The summed E-state index contributed by atoms with van der Waals surface area (Å²) >= 11 is 2.10. The lowest BCUT2D eigenvalue weighted by Crippen LogP contribution is -2.41. The Morgan fingerprint density at radius 1 is 1.28 bits per heavy atom. The van der Waals surface area contributed by atoms with Crippen molar-refractivity contribution in [2.75, 3.05) is 24.7 Å². The minimum absolute atomic E-state index is 0.282. The second-order valence-electron chi connectivity index (χ2n) is 6.41. The van der Waals surface area contributed by atoms with Gasteiger partial charge in [0.2, 0.25) is 0 Å². The van der Waals surface area contributed by atoms with E-state index in [-0.39, 0.29) is 5.60 Å². The zero-order valence-electron chi connectivity index (χ0n) is 11.6. The van der Waals surface area contributed by atoms with E-state index < -0.39 is 0 Å². The molecule has 3 aliphatic rings. The van der Waals surface area contributed by atoms with E-state index in [0.717, 1.165) is 31.0 Å². The number of hydrogen-bond acceptors (Lipinski definition) is 3. The van der Waals surface area contributed by atoms with E-state index in [1.54, 1.807) is 0 Å². The van der Waals surface area contributed by atoms with E-state index in [0.29, 0.717) is 0 Å². The van der Waals surface area contributed by atoms with Crippen molar-refractivity contribution in [2.24, 2.45) is 11.8 Å². The van der Waals surface area contributed by atoms with Crippen molar-refractivity contribution < 1.29 is 4.74 Å². The molecule has 3 heteroatoms. The van der Waals surface area contributed by atoms with Gasteiger partial charge < -0.3 is 10.1 Å². The van der Waals surface area contributed by atoms with Gasteiger partial charge in [-0.2, -0.15) is 11.8 Å². The molecule has 1 saturated carbocycles. The first-order valence-corrected chi connectivity index (χ1v) is 8.92. The molecule has 4 unspecified atom stereocenters. The van der Waals surface area contributed by atoms with E-state index in [2.05, 4.69) is 24.0 Å². The molecule has 3 rings (SSSR count). The van der Waals surface area contributed by atoms with Crippen LogP contribution in [-0.2, 0) is 4.74 Å². The van der Waals surface area contributed by atoms with Crippen LogP contribution in [0.4, 0.5) is 0 Å². The highest BCUT2D eigenvalue weighted by Gasteiger charge is 2.43. The van der Waals surface area contributed by atoms with Gasteiger partial charge in [-0.15, -0.1) is 0 Å². The Morgan fingerprint density at radius 3 is 3.00 bits per heavy atom. The van der Waals surface area contributed by atoms with Crippen LogP contribution in [0.2, 0.25) is 0 Å². The molecule has 1 spiro atoms. The van der Waals surface area contributed by atoms with Crippen LogP contribution in [0.1, 0.15) is 45.4 Å². The van der Waals surface area contributed by atoms with Gasteiger partial charge in [0.05, 0.1) is 5.60 Å². The minimum atomic E-state index is 0.282. The predicted molar refractivity (Wildman–Crippen MR) is 78.2 cm³/mol. The van der Waals surface area contributed by atoms with Crippen LogP contribution in [0.3, 0.4) is 0 Å². The maximum Gasteiger partial charge on any atom is 0.0783 e. The number of thioether (sulfide) groups is 1. The lowest BCUT2D eigenvalue weighted by molar-refractivity contribution is -0.0888. The van der Waals surface area contributed by atoms with Crippen LogP contribution in [0, 0.1) is 11.8 Å². The molecule has 18 heavy (non-hydrogen) atoms. The number of hydrogen-bond donors (Lipinski definition) is 1. The highest BCUT2D eigenvalue weighted by atomic mass is 32.2. The van der Waals surface area contributed by atoms with E-state index >= 15 is 0 Å². The smallest absolute Gasteiger partial charge is 0.0783 e. The molecule has 0 amide bonds. The summed E-state index contributed by atoms with van der Waals surface area (Å²) in [5.74, 6) is 4.49. The molecule has 0 radical (unpaired) electrons. The van der Waals surface area contributed by atoms with Crippen molar-refractivity contribution in [3.63, 3.8) is 0 Å². The van der Waals surface area contributed by atoms with E-state index in [1.807, 2.05) is 0 Å². The van der Waals surface area contributed by atoms with E-state index in [4.69, 9.17) is 4.74 Å². The molecule has 2 aliphatic heterocycles. The zero-order chi connectivity index (χ0) is 12.4. The Bertz CT molecular complexity index is 278. The molecule has 1 aliphatic carbocycles. The SMILES string of the molecule is CCNC1CCC(C2CCOC3(CCSC3)C2)C1. The van der Waals surface area contributed by atoms with E-state index in [9.17, 15) is 0 Å². The van der Waals surface area contributed by atoms with Gasteiger partial charge >= 0.3 is 0 Å². The van der Waals surface area contributed by atoms with Crippen LogP contribution in [0.5, 0.6) is 0 Å². The monoisotopic (exact) mass is 269 g/mol. The van der Waals surface area contributed by atoms with Crippen LogP contribution in [0.25, 0.3) is 0 Å². The summed E-state index contributed by atoms with van der Waals surface area (Å²) in [6.07, 6.45) is 8.24. The Hall–Kier alpha value is 0.270. The lowest BCUT2D eigenvalue weighted by atomic mass is 9.77. The molecule has 4 atom stereocenters. The topological polar surface area (TPSA) is 21.3 Å². The van der Waals surface area contributed by atoms with Crippen molar-refractivity contribution >= 4 is 11.8 Å². The second-order valence-corrected chi connectivity index (χ2v) is 7.52. The third-order valence-corrected chi connectivity index (χ3v) is 6.45. The molecule has 104 valence electrons. The lowest BCUT2D eigenvalue weighted by Gasteiger charge is -2.40. The largest absolute Gasteiger partial charge is 0.374 e.